The minimum absolute atomic E-state index is 0.311. The first kappa shape index (κ1) is 13.5. The van der Waals surface area contributed by atoms with Gasteiger partial charge in [-0.1, -0.05) is 0 Å². The molecule has 0 aromatic rings. The van der Waals surface area contributed by atoms with Crippen molar-refractivity contribution in [2.45, 2.75) is 58.0 Å². The number of likely N-dealkylation sites (tertiary alicyclic amines) is 1. The van der Waals surface area contributed by atoms with E-state index in [0.717, 1.165) is 13.0 Å². The van der Waals surface area contributed by atoms with Crippen LogP contribution in [0.5, 0.6) is 0 Å². The molecule has 0 unspecified atom stereocenters. The molecule has 0 bridgehead atoms. The van der Waals surface area contributed by atoms with Gasteiger partial charge in [-0.15, -0.1) is 0 Å². The minimum Gasteiger partial charge on any atom is -0.314 e. The van der Waals surface area contributed by atoms with E-state index in [2.05, 4.69) is 37.1 Å². The Morgan fingerprint density at radius 3 is 2.44 bits per heavy atom. The number of nitrogens with one attached hydrogen (secondary N) is 1. The van der Waals surface area contributed by atoms with Gasteiger partial charge in [0, 0.05) is 31.1 Å². The van der Waals surface area contributed by atoms with Crippen molar-refractivity contribution in [3.8, 4) is 6.07 Å². The van der Waals surface area contributed by atoms with Crippen molar-refractivity contribution in [3.63, 3.8) is 0 Å². The molecule has 1 fully saturated rings. The highest BCUT2D eigenvalue weighted by Crippen LogP contribution is 2.19. The number of nitrogens with zero attached hydrogens (tertiary/aromatic N) is 2. The predicted octanol–water partition coefficient (Wildman–Crippen LogP) is 2.14. The van der Waals surface area contributed by atoms with Gasteiger partial charge in [0.2, 0.25) is 0 Å². The largest absolute Gasteiger partial charge is 0.314 e. The lowest BCUT2D eigenvalue weighted by Crippen LogP contribution is -2.50. The first-order valence-electron chi connectivity index (χ1n) is 6.39. The molecule has 0 aliphatic carbocycles. The van der Waals surface area contributed by atoms with Gasteiger partial charge in [-0.2, -0.15) is 5.26 Å². The van der Waals surface area contributed by atoms with Gasteiger partial charge in [0.25, 0.3) is 0 Å². The molecule has 3 heteroatoms. The van der Waals surface area contributed by atoms with Gasteiger partial charge in [0.1, 0.15) is 0 Å². The van der Waals surface area contributed by atoms with Gasteiger partial charge in [-0.05, 0) is 46.6 Å². The zero-order valence-corrected chi connectivity index (χ0v) is 10.9. The van der Waals surface area contributed by atoms with Crippen molar-refractivity contribution in [2.75, 3.05) is 19.6 Å². The van der Waals surface area contributed by atoms with Gasteiger partial charge in [0.15, 0.2) is 0 Å². The molecular weight excluding hydrogens is 198 g/mol. The lowest BCUT2D eigenvalue weighted by molar-refractivity contribution is 0.0964. The van der Waals surface area contributed by atoms with Gasteiger partial charge in [-0.3, -0.25) is 4.90 Å². The zero-order valence-electron chi connectivity index (χ0n) is 10.9. The van der Waals surface area contributed by atoms with Crippen LogP contribution in [0.2, 0.25) is 0 Å². The molecule has 92 valence electrons. The normalized spacial score (nSPS) is 19.6. The minimum atomic E-state index is 0.311. The van der Waals surface area contributed by atoms with Crippen molar-refractivity contribution in [3.05, 3.63) is 0 Å². The summed E-state index contributed by atoms with van der Waals surface area (Å²) in [6, 6.07) is 2.85. The van der Waals surface area contributed by atoms with E-state index in [4.69, 9.17) is 5.26 Å². The van der Waals surface area contributed by atoms with Crippen LogP contribution in [0.3, 0.4) is 0 Å². The Balaban J connectivity index is 2.15. The van der Waals surface area contributed by atoms with Crippen molar-refractivity contribution >= 4 is 0 Å². The third-order valence-electron chi connectivity index (χ3n) is 3.34. The lowest BCUT2D eigenvalue weighted by Gasteiger charge is -2.41. The molecule has 0 aromatic carbocycles. The Hall–Kier alpha value is -0.590. The maximum atomic E-state index is 8.44. The zero-order chi connectivity index (χ0) is 12.0. The van der Waals surface area contributed by atoms with Crippen LogP contribution in [0.4, 0.5) is 0 Å². The highest BCUT2D eigenvalue weighted by molar-refractivity contribution is 4.84. The maximum Gasteiger partial charge on any atom is 0.0622 e. The third kappa shape index (κ3) is 4.51. The molecule has 0 aromatic heterocycles. The first-order chi connectivity index (χ1) is 7.54. The monoisotopic (exact) mass is 223 g/mol. The molecule has 0 spiro atoms. The quantitative estimate of drug-likeness (QED) is 0.742. The van der Waals surface area contributed by atoms with Crippen LogP contribution in [0.15, 0.2) is 0 Å². The SMILES string of the molecule is CC(C)(C)N1CCC(NCCCC#N)CC1. The summed E-state index contributed by atoms with van der Waals surface area (Å²) in [5, 5.41) is 12.0. The molecule has 1 heterocycles. The fourth-order valence-corrected chi connectivity index (χ4v) is 2.23. The smallest absolute Gasteiger partial charge is 0.0622 e. The van der Waals surface area contributed by atoms with Gasteiger partial charge in [0.05, 0.1) is 6.07 Å². The molecule has 0 amide bonds. The Labute approximate surface area is 99.8 Å². The number of hydrogen-bond donors (Lipinski definition) is 1. The molecule has 0 saturated carbocycles. The average molecular weight is 223 g/mol. The van der Waals surface area contributed by atoms with Crippen LogP contribution in [-0.4, -0.2) is 36.1 Å². The summed E-state index contributed by atoms with van der Waals surface area (Å²) in [5.41, 5.74) is 0.311. The second kappa shape index (κ2) is 6.22. The topological polar surface area (TPSA) is 39.1 Å². The van der Waals surface area contributed by atoms with E-state index in [1.807, 2.05) is 0 Å². The number of unbranched alkanes of at least 4 members (excludes halogenated alkanes) is 1. The van der Waals surface area contributed by atoms with Crippen LogP contribution in [0.25, 0.3) is 0 Å². The van der Waals surface area contributed by atoms with E-state index >= 15 is 0 Å². The summed E-state index contributed by atoms with van der Waals surface area (Å²) in [6.45, 7) is 10.2. The van der Waals surface area contributed by atoms with Crippen molar-refractivity contribution in [2.24, 2.45) is 0 Å². The Bertz CT molecular complexity index is 229. The highest BCUT2D eigenvalue weighted by Gasteiger charge is 2.26. The molecule has 1 saturated heterocycles. The summed E-state index contributed by atoms with van der Waals surface area (Å²) >= 11 is 0. The molecule has 1 aliphatic rings. The second-order valence-electron chi connectivity index (χ2n) is 5.65. The second-order valence-corrected chi connectivity index (χ2v) is 5.65. The average Bonchev–Trinajstić information content (AvgIpc) is 2.24. The molecule has 3 nitrogen and oxygen atoms in total. The van der Waals surface area contributed by atoms with Crippen LogP contribution >= 0.6 is 0 Å². The number of piperidine rings is 1. The standard InChI is InChI=1S/C13H25N3/c1-13(2,3)16-10-6-12(7-11-16)15-9-5-4-8-14/h12,15H,4-7,9-11H2,1-3H3. The molecule has 0 atom stereocenters. The van der Waals surface area contributed by atoms with Gasteiger partial charge in [-0.25, -0.2) is 0 Å². The Morgan fingerprint density at radius 1 is 1.31 bits per heavy atom. The van der Waals surface area contributed by atoms with Crippen molar-refractivity contribution in [1.82, 2.24) is 10.2 Å². The van der Waals surface area contributed by atoms with Gasteiger partial charge < -0.3 is 5.32 Å². The van der Waals surface area contributed by atoms with E-state index in [1.54, 1.807) is 0 Å². The molecule has 1 aliphatic heterocycles. The van der Waals surface area contributed by atoms with Crippen molar-refractivity contribution < 1.29 is 0 Å². The lowest BCUT2D eigenvalue weighted by atomic mass is 9.98. The van der Waals surface area contributed by atoms with Gasteiger partial charge >= 0.3 is 0 Å². The summed E-state index contributed by atoms with van der Waals surface area (Å²) in [4.78, 5) is 2.56. The third-order valence-corrected chi connectivity index (χ3v) is 3.34. The maximum absolute atomic E-state index is 8.44. The molecule has 16 heavy (non-hydrogen) atoms. The van der Waals surface area contributed by atoms with Crippen LogP contribution in [-0.2, 0) is 0 Å². The molecule has 0 radical (unpaired) electrons. The van der Waals surface area contributed by atoms with E-state index in [1.165, 1.54) is 25.9 Å². The Kier molecular flexibility index (Phi) is 5.24. The van der Waals surface area contributed by atoms with E-state index in [0.29, 0.717) is 18.0 Å². The van der Waals surface area contributed by atoms with Crippen molar-refractivity contribution in [1.29, 1.82) is 5.26 Å². The summed E-state index contributed by atoms with van der Waals surface area (Å²) < 4.78 is 0. The predicted molar refractivity (Wildman–Crippen MR) is 67.2 cm³/mol. The van der Waals surface area contributed by atoms with E-state index in [-0.39, 0.29) is 0 Å². The molecule has 1 N–H and O–H groups in total. The fourth-order valence-electron chi connectivity index (χ4n) is 2.23. The number of nitriles is 1. The van der Waals surface area contributed by atoms with Crippen LogP contribution in [0.1, 0.15) is 46.5 Å². The molecular formula is C13H25N3. The molecule has 1 rings (SSSR count). The summed E-state index contributed by atoms with van der Waals surface area (Å²) in [5.74, 6) is 0. The van der Waals surface area contributed by atoms with E-state index < -0.39 is 0 Å². The van der Waals surface area contributed by atoms with E-state index in [9.17, 15) is 0 Å². The number of rotatable bonds is 4. The first-order valence-corrected chi connectivity index (χ1v) is 6.39. The number of hydrogen-bond acceptors (Lipinski definition) is 3. The summed E-state index contributed by atoms with van der Waals surface area (Å²) in [6.07, 6.45) is 4.14. The fraction of sp³-hybridized carbons (Fsp3) is 0.923. The highest BCUT2D eigenvalue weighted by atomic mass is 15.2. The summed E-state index contributed by atoms with van der Waals surface area (Å²) in [7, 11) is 0. The van der Waals surface area contributed by atoms with Crippen LogP contribution < -0.4 is 5.32 Å². The van der Waals surface area contributed by atoms with Crippen LogP contribution in [0, 0.1) is 11.3 Å². The Morgan fingerprint density at radius 2 is 1.94 bits per heavy atom.